The molecule has 2 aromatic rings. The van der Waals surface area contributed by atoms with Gasteiger partial charge in [-0.3, -0.25) is 19.2 Å². The number of carbonyl (C=O) groups excluding carboxylic acids is 4. The van der Waals surface area contributed by atoms with E-state index in [2.05, 4.69) is 25.9 Å². The molecule has 4 atom stereocenters. The van der Waals surface area contributed by atoms with E-state index in [1.54, 1.807) is 6.26 Å². The molecule has 0 saturated carbocycles. The molecule has 1 heterocycles. The van der Waals surface area contributed by atoms with Gasteiger partial charge in [0.25, 0.3) is 0 Å². The second-order valence-corrected chi connectivity index (χ2v) is 9.72. The summed E-state index contributed by atoms with van der Waals surface area (Å²) in [5.74, 6) is -4.10. The van der Waals surface area contributed by atoms with E-state index >= 15 is 0 Å². The highest BCUT2D eigenvalue weighted by atomic mass is 32.2. The van der Waals surface area contributed by atoms with Crippen LogP contribution in [0.2, 0.25) is 0 Å². The fourth-order valence-corrected chi connectivity index (χ4v) is 4.00. The maximum atomic E-state index is 13.2. The van der Waals surface area contributed by atoms with Crippen LogP contribution in [0, 0.1) is 0 Å². The van der Waals surface area contributed by atoms with Crippen LogP contribution in [0.25, 0.3) is 0 Å². The molecular weight excluding hydrogens is 530 g/mol. The molecule has 0 spiro atoms. The number of carboxylic acid groups (broad SMARTS) is 1. The molecule has 15 heteroatoms. The number of H-pyrrole nitrogens is 1. The lowest BCUT2D eigenvalue weighted by atomic mass is 10.0. The van der Waals surface area contributed by atoms with Crippen LogP contribution in [0.1, 0.15) is 24.1 Å². The van der Waals surface area contributed by atoms with E-state index in [0.29, 0.717) is 17.0 Å². The zero-order valence-corrected chi connectivity index (χ0v) is 22.1. The van der Waals surface area contributed by atoms with Crippen molar-refractivity contribution < 1.29 is 34.2 Å². The van der Waals surface area contributed by atoms with Gasteiger partial charge in [0.1, 0.15) is 23.9 Å². The Hall–Kier alpha value is -4.11. The summed E-state index contributed by atoms with van der Waals surface area (Å²) in [6.45, 7) is 0. The summed E-state index contributed by atoms with van der Waals surface area (Å²) in [6, 6.07) is 0.809. The topological polar surface area (TPSA) is 243 Å². The Kier molecular flexibility index (Phi) is 12.2. The number of primary amides is 1. The summed E-state index contributed by atoms with van der Waals surface area (Å²) in [6.07, 6.45) is 4.26. The fourth-order valence-electron chi connectivity index (χ4n) is 3.53. The highest BCUT2D eigenvalue weighted by molar-refractivity contribution is 7.98. The smallest absolute Gasteiger partial charge is 0.326 e. The van der Waals surface area contributed by atoms with Crippen LogP contribution in [0.5, 0.6) is 5.75 Å². The van der Waals surface area contributed by atoms with E-state index < -0.39 is 60.2 Å². The Labute approximate surface area is 228 Å². The lowest BCUT2D eigenvalue weighted by Gasteiger charge is -2.25. The number of hydrogen-bond acceptors (Lipinski definition) is 9. The number of phenolic OH excluding ortho intramolecular Hbond substituents is 1. The number of aliphatic carboxylic acids is 1. The number of phenols is 1. The van der Waals surface area contributed by atoms with E-state index in [1.807, 2.05) is 0 Å². The summed E-state index contributed by atoms with van der Waals surface area (Å²) in [4.78, 5) is 68.9. The Morgan fingerprint density at radius 3 is 2.15 bits per heavy atom. The van der Waals surface area contributed by atoms with Gasteiger partial charge in [-0.2, -0.15) is 11.8 Å². The Morgan fingerprint density at radius 2 is 1.59 bits per heavy atom. The molecule has 39 heavy (non-hydrogen) atoms. The van der Waals surface area contributed by atoms with Crippen LogP contribution < -0.4 is 27.4 Å². The number of hydrogen-bond donors (Lipinski definition) is 8. The molecule has 0 fully saturated rings. The molecule has 0 bridgehead atoms. The largest absolute Gasteiger partial charge is 0.508 e. The van der Waals surface area contributed by atoms with Gasteiger partial charge in [-0.25, -0.2) is 9.78 Å². The molecule has 0 radical (unpaired) electrons. The van der Waals surface area contributed by atoms with Crippen molar-refractivity contribution in [2.75, 3.05) is 12.0 Å². The monoisotopic (exact) mass is 563 g/mol. The van der Waals surface area contributed by atoms with Gasteiger partial charge in [0, 0.05) is 24.7 Å². The zero-order valence-electron chi connectivity index (χ0n) is 21.3. The minimum absolute atomic E-state index is 0.0116. The number of amides is 4. The average molecular weight is 564 g/mol. The molecule has 1 aromatic carbocycles. The molecule has 0 saturated heterocycles. The third-order valence-corrected chi connectivity index (χ3v) is 6.25. The van der Waals surface area contributed by atoms with Gasteiger partial charge in [0.05, 0.1) is 18.8 Å². The molecule has 4 unspecified atom stereocenters. The molecule has 0 aliphatic rings. The van der Waals surface area contributed by atoms with Gasteiger partial charge < -0.3 is 42.6 Å². The van der Waals surface area contributed by atoms with Crippen molar-refractivity contribution in [2.24, 2.45) is 11.5 Å². The normalized spacial score (nSPS) is 13.9. The van der Waals surface area contributed by atoms with Gasteiger partial charge in [-0.15, -0.1) is 0 Å². The van der Waals surface area contributed by atoms with Crippen molar-refractivity contribution >= 4 is 41.4 Å². The van der Waals surface area contributed by atoms with Crippen molar-refractivity contribution in [3.05, 3.63) is 48.0 Å². The minimum Gasteiger partial charge on any atom is -0.508 e. The maximum Gasteiger partial charge on any atom is 0.326 e. The Bertz CT molecular complexity index is 1130. The first-order chi connectivity index (χ1) is 18.5. The van der Waals surface area contributed by atoms with Crippen LogP contribution in [0.15, 0.2) is 36.8 Å². The predicted octanol–water partition coefficient (Wildman–Crippen LogP) is -1.60. The third kappa shape index (κ3) is 10.6. The molecule has 0 aliphatic heterocycles. The van der Waals surface area contributed by atoms with Gasteiger partial charge in [0.15, 0.2) is 0 Å². The number of aromatic amines is 1. The number of imidazole rings is 1. The lowest BCUT2D eigenvalue weighted by molar-refractivity contribution is -0.142. The fraction of sp³-hybridized carbons (Fsp3) is 0.417. The van der Waals surface area contributed by atoms with Crippen molar-refractivity contribution in [1.29, 1.82) is 0 Å². The third-order valence-electron chi connectivity index (χ3n) is 5.60. The van der Waals surface area contributed by atoms with Crippen LogP contribution >= 0.6 is 11.8 Å². The summed E-state index contributed by atoms with van der Waals surface area (Å²) in [5.41, 5.74) is 12.3. The van der Waals surface area contributed by atoms with Gasteiger partial charge >= 0.3 is 5.97 Å². The Balaban J connectivity index is 2.21. The molecule has 4 amide bonds. The standard InChI is InChI=1S/C24H33N7O7S/c1-39-7-6-17(24(37)38)29-22(35)18(8-13-2-4-15(32)5-3-13)31-23(36)19(10-20(26)33)30-21(34)16(25)9-14-11-27-12-28-14/h2-5,11-12,16-19,32H,6-10,25H2,1H3,(H2,26,33)(H,27,28)(H,29,35)(H,30,34)(H,31,36)(H,37,38). The van der Waals surface area contributed by atoms with Gasteiger partial charge in [-0.1, -0.05) is 12.1 Å². The molecule has 10 N–H and O–H groups in total. The highest BCUT2D eigenvalue weighted by Crippen LogP contribution is 2.12. The molecule has 0 aliphatic carbocycles. The molecule has 212 valence electrons. The first kappa shape index (κ1) is 31.1. The van der Waals surface area contributed by atoms with E-state index in [4.69, 9.17) is 11.5 Å². The van der Waals surface area contributed by atoms with E-state index in [9.17, 15) is 34.2 Å². The summed E-state index contributed by atoms with van der Waals surface area (Å²) in [5, 5.41) is 26.4. The van der Waals surface area contributed by atoms with Crippen LogP contribution in [0.3, 0.4) is 0 Å². The van der Waals surface area contributed by atoms with Crippen molar-refractivity contribution in [2.45, 2.75) is 49.9 Å². The number of thioether (sulfide) groups is 1. The quantitative estimate of drug-likeness (QED) is 0.116. The molecular formula is C24H33N7O7S. The zero-order chi connectivity index (χ0) is 28.9. The summed E-state index contributed by atoms with van der Waals surface area (Å²) in [7, 11) is 0. The number of rotatable bonds is 16. The van der Waals surface area contributed by atoms with Crippen LogP contribution in [-0.4, -0.2) is 86.0 Å². The number of carbonyl (C=O) groups is 5. The van der Waals surface area contributed by atoms with Crippen molar-refractivity contribution in [1.82, 2.24) is 25.9 Å². The van der Waals surface area contributed by atoms with Crippen molar-refractivity contribution in [3.8, 4) is 5.75 Å². The first-order valence-electron chi connectivity index (χ1n) is 11.9. The number of benzene rings is 1. The number of carboxylic acids is 1. The average Bonchev–Trinajstić information content (AvgIpc) is 3.39. The van der Waals surface area contributed by atoms with E-state index in [-0.39, 0.29) is 25.0 Å². The SMILES string of the molecule is CSCCC(NC(=O)C(Cc1ccc(O)cc1)NC(=O)C(CC(N)=O)NC(=O)C(N)Cc1cnc[nH]1)C(=O)O. The second kappa shape index (κ2) is 15.3. The number of nitrogens with two attached hydrogens (primary N) is 2. The summed E-state index contributed by atoms with van der Waals surface area (Å²) >= 11 is 1.41. The van der Waals surface area contributed by atoms with Gasteiger partial charge in [0.2, 0.25) is 23.6 Å². The summed E-state index contributed by atoms with van der Waals surface area (Å²) < 4.78 is 0. The number of nitrogens with zero attached hydrogens (tertiary/aromatic N) is 1. The number of nitrogens with one attached hydrogen (secondary N) is 4. The van der Waals surface area contributed by atoms with Gasteiger partial charge in [-0.05, 0) is 36.1 Å². The lowest BCUT2D eigenvalue weighted by Crippen LogP contribution is -2.58. The number of aromatic hydroxyl groups is 1. The minimum atomic E-state index is -1.45. The Morgan fingerprint density at radius 1 is 0.974 bits per heavy atom. The molecule has 14 nitrogen and oxygen atoms in total. The van der Waals surface area contributed by atoms with Crippen LogP contribution in [-0.2, 0) is 36.8 Å². The predicted molar refractivity (Wildman–Crippen MR) is 142 cm³/mol. The van der Waals surface area contributed by atoms with E-state index in [1.165, 1.54) is 48.6 Å². The first-order valence-corrected chi connectivity index (χ1v) is 13.3. The highest BCUT2D eigenvalue weighted by Gasteiger charge is 2.31. The molecule has 1 aromatic heterocycles. The van der Waals surface area contributed by atoms with E-state index in [0.717, 1.165) is 0 Å². The maximum absolute atomic E-state index is 13.2. The van der Waals surface area contributed by atoms with Crippen LogP contribution in [0.4, 0.5) is 0 Å². The molecule has 2 rings (SSSR count). The van der Waals surface area contributed by atoms with Crippen molar-refractivity contribution in [3.63, 3.8) is 0 Å². The number of aromatic nitrogens is 2. The second-order valence-electron chi connectivity index (χ2n) is 8.73.